The summed E-state index contributed by atoms with van der Waals surface area (Å²) in [6, 6.07) is 12.8. The second-order valence-corrected chi connectivity index (χ2v) is 5.03. The molecule has 6 nitrogen and oxygen atoms in total. The van der Waals surface area contributed by atoms with Crippen molar-refractivity contribution in [3.63, 3.8) is 0 Å². The van der Waals surface area contributed by atoms with Crippen molar-refractivity contribution in [2.45, 2.75) is 13.0 Å². The zero-order valence-corrected chi connectivity index (χ0v) is 13.7. The van der Waals surface area contributed by atoms with Crippen LogP contribution in [0.5, 0.6) is 11.5 Å². The van der Waals surface area contributed by atoms with Crippen LogP contribution in [0.1, 0.15) is 17.2 Å². The smallest absolute Gasteiger partial charge is 0.413 e. The van der Waals surface area contributed by atoms with Crippen LogP contribution in [0.3, 0.4) is 0 Å². The van der Waals surface area contributed by atoms with Gasteiger partial charge in [0.2, 0.25) is 0 Å². The minimum atomic E-state index is -0.999. The van der Waals surface area contributed by atoms with Gasteiger partial charge in [0.25, 0.3) is 0 Å². The quantitative estimate of drug-likeness (QED) is 0.854. The maximum absolute atomic E-state index is 12.1. The van der Waals surface area contributed by atoms with E-state index in [1.54, 1.807) is 48.5 Å². The summed E-state index contributed by atoms with van der Waals surface area (Å²) in [5.74, 6) is 0.380. The Labute approximate surface area is 140 Å². The molecule has 0 aliphatic heterocycles. The molecule has 126 valence electrons. The van der Waals surface area contributed by atoms with Gasteiger partial charge in [0, 0.05) is 0 Å². The lowest BCUT2D eigenvalue weighted by Gasteiger charge is -2.18. The van der Waals surface area contributed by atoms with E-state index < -0.39 is 18.1 Å². The lowest BCUT2D eigenvalue weighted by molar-refractivity contribution is -0.143. The summed E-state index contributed by atoms with van der Waals surface area (Å²) < 4.78 is 15.2. The van der Waals surface area contributed by atoms with Crippen molar-refractivity contribution < 1.29 is 23.8 Å². The number of aryl methyl sites for hydroxylation is 1. The summed E-state index contributed by atoms with van der Waals surface area (Å²) >= 11 is 0. The number of carbonyl (C=O) groups excluding carboxylic acids is 2. The largest absolute Gasteiger partial charge is 0.496 e. The summed E-state index contributed by atoms with van der Waals surface area (Å²) in [7, 11) is 2.79. The van der Waals surface area contributed by atoms with Gasteiger partial charge in [-0.1, -0.05) is 30.3 Å². The lowest BCUT2D eigenvalue weighted by atomic mass is 10.0. The molecule has 0 saturated carbocycles. The maximum Gasteiger partial charge on any atom is 0.413 e. The van der Waals surface area contributed by atoms with Gasteiger partial charge in [-0.25, -0.2) is 9.59 Å². The molecule has 0 aromatic heterocycles. The first kappa shape index (κ1) is 17.3. The van der Waals surface area contributed by atoms with E-state index in [0.717, 1.165) is 5.56 Å². The highest BCUT2D eigenvalue weighted by Gasteiger charge is 2.25. The number of carbonyl (C=O) groups is 2. The van der Waals surface area contributed by atoms with Gasteiger partial charge < -0.3 is 19.5 Å². The van der Waals surface area contributed by atoms with E-state index in [2.05, 4.69) is 5.32 Å². The van der Waals surface area contributed by atoms with E-state index in [-0.39, 0.29) is 0 Å². The van der Waals surface area contributed by atoms with Gasteiger partial charge in [-0.05, 0) is 36.2 Å². The van der Waals surface area contributed by atoms with Crippen molar-refractivity contribution >= 4 is 12.1 Å². The summed E-state index contributed by atoms with van der Waals surface area (Å²) in [4.78, 5) is 24.1. The number of nitrogens with one attached hydrogen (secondary N) is 1. The Bertz CT molecular complexity index is 715. The molecule has 1 atom stereocenters. The number of ether oxygens (including phenoxy) is 3. The van der Waals surface area contributed by atoms with E-state index in [1.165, 1.54) is 14.2 Å². The van der Waals surface area contributed by atoms with Crippen LogP contribution in [0.4, 0.5) is 4.79 Å². The molecule has 0 spiro atoms. The first-order chi connectivity index (χ1) is 11.5. The fourth-order valence-corrected chi connectivity index (χ4v) is 2.16. The molecule has 1 unspecified atom stereocenters. The normalized spacial score (nSPS) is 11.3. The van der Waals surface area contributed by atoms with Crippen molar-refractivity contribution in [2.75, 3.05) is 14.2 Å². The molecule has 0 saturated heterocycles. The van der Waals surface area contributed by atoms with Gasteiger partial charge >= 0.3 is 12.1 Å². The van der Waals surface area contributed by atoms with Crippen LogP contribution in [0.2, 0.25) is 0 Å². The zero-order valence-electron chi connectivity index (χ0n) is 13.7. The van der Waals surface area contributed by atoms with E-state index in [0.29, 0.717) is 17.1 Å². The second-order valence-electron chi connectivity index (χ2n) is 5.03. The lowest BCUT2D eigenvalue weighted by Crippen LogP contribution is -2.36. The van der Waals surface area contributed by atoms with Gasteiger partial charge in [0.15, 0.2) is 6.04 Å². The third-order valence-corrected chi connectivity index (χ3v) is 3.42. The standard InChI is InChI=1S/C18H19NO5/c1-12-9-10-13(11-15(12)22-2)16(17(20)23-3)19-18(21)24-14-7-5-4-6-8-14/h4-11,16H,1-3H3,(H,19,21). The highest BCUT2D eigenvalue weighted by atomic mass is 16.6. The molecule has 2 aromatic carbocycles. The van der Waals surface area contributed by atoms with Crippen molar-refractivity contribution in [2.24, 2.45) is 0 Å². The molecule has 1 amide bonds. The summed E-state index contributed by atoms with van der Waals surface area (Å²) in [5.41, 5.74) is 1.45. The number of hydrogen-bond donors (Lipinski definition) is 1. The number of rotatable bonds is 5. The fourth-order valence-electron chi connectivity index (χ4n) is 2.16. The Kier molecular flexibility index (Phi) is 5.78. The monoisotopic (exact) mass is 329 g/mol. The third-order valence-electron chi connectivity index (χ3n) is 3.42. The molecular weight excluding hydrogens is 310 g/mol. The van der Waals surface area contributed by atoms with Crippen LogP contribution in [0.15, 0.2) is 48.5 Å². The number of benzene rings is 2. The Balaban J connectivity index is 2.19. The Morgan fingerprint density at radius 3 is 2.38 bits per heavy atom. The van der Waals surface area contributed by atoms with Crippen LogP contribution in [0, 0.1) is 6.92 Å². The average Bonchev–Trinajstić information content (AvgIpc) is 2.60. The zero-order chi connectivity index (χ0) is 17.5. The summed E-state index contributed by atoms with van der Waals surface area (Å²) in [5, 5.41) is 2.51. The number of amides is 1. The van der Waals surface area contributed by atoms with Gasteiger partial charge in [0.05, 0.1) is 14.2 Å². The van der Waals surface area contributed by atoms with Crippen molar-refractivity contribution in [1.82, 2.24) is 5.32 Å². The molecule has 24 heavy (non-hydrogen) atoms. The number of esters is 1. The Hall–Kier alpha value is -3.02. The van der Waals surface area contributed by atoms with E-state index in [9.17, 15) is 9.59 Å². The van der Waals surface area contributed by atoms with Crippen molar-refractivity contribution in [3.8, 4) is 11.5 Å². The molecule has 0 aliphatic rings. The highest BCUT2D eigenvalue weighted by Crippen LogP contribution is 2.24. The van der Waals surface area contributed by atoms with Crippen LogP contribution in [0.25, 0.3) is 0 Å². The molecular formula is C18H19NO5. The van der Waals surface area contributed by atoms with Crippen LogP contribution in [-0.4, -0.2) is 26.3 Å². The molecule has 0 fully saturated rings. The molecule has 0 radical (unpaired) electrons. The molecule has 6 heteroatoms. The van der Waals surface area contributed by atoms with Crippen LogP contribution in [-0.2, 0) is 9.53 Å². The van der Waals surface area contributed by atoms with Gasteiger partial charge in [-0.3, -0.25) is 0 Å². The SMILES string of the molecule is COC(=O)C(NC(=O)Oc1ccccc1)c1ccc(C)c(OC)c1. The van der Waals surface area contributed by atoms with Gasteiger partial charge in [0.1, 0.15) is 11.5 Å². The molecule has 0 aliphatic carbocycles. The molecule has 0 heterocycles. The minimum Gasteiger partial charge on any atom is -0.496 e. The fraction of sp³-hybridized carbons (Fsp3) is 0.222. The maximum atomic E-state index is 12.1. The predicted octanol–water partition coefficient (Wildman–Crippen LogP) is 3.01. The highest BCUT2D eigenvalue weighted by molar-refractivity contribution is 5.83. The topological polar surface area (TPSA) is 73.9 Å². The van der Waals surface area contributed by atoms with Gasteiger partial charge in [-0.2, -0.15) is 0 Å². The number of hydrogen-bond acceptors (Lipinski definition) is 5. The molecule has 0 bridgehead atoms. The van der Waals surface area contributed by atoms with Crippen LogP contribution >= 0.6 is 0 Å². The third kappa shape index (κ3) is 4.25. The molecule has 2 aromatic rings. The predicted molar refractivity (Wildman–Crippen MR) is 88.1 cm³/mol. The Morgan fingerprint density at radius 1 is 1.04 bits per heavy atom. The van der Waals surface area contributed by atoms with Crippen molar-refractivity contribution in [1.29, 1.82) is 0 Å². The van der Waals surface area contributed by atoms with Crippen LogP contribution < -0.4 is 14.8 Å². The summed E-state index contributed by atoms with van der Waals surface area (Å²) in [6.45, 7) is 1.88. The molecule has 2 rings (SSSR count). The second kappa shape index (κ2) is 8.01. The molecule has 1 N–H and O–H groups in total. The first-order valence-corrected chi connectivity index (χ1v) is 7.31. The van der Waals surface area contributed by atoms with E-state index in [4.69, 9.17) is 14.2 Å². The Morgan fingerprint density at radius 2 is 1.75 bits per heavy atom. The van der Waals surface area contributed by atoms with Crippen molar-refractivity contribution in [3.05, 3.63) is 59.7 Å². The number of methoxy groups -OCH3 is 2. The van der Waals surface area contributed by atoms with Gasteiger partial charge in [-0.15, -0.1) is 0 Å². The van der Waals surface area contributed by atoms with E-state index >= 15 is 0 Å². The first-order valence-electron chi connectivity index (χ1n) is 7.31. The summed E-state index contributed by atoms with van der Waals surface area (Å²) in [6.07, 6.45) is -0.754. The minimum absolute atomic E-state index is 0.375. The number of para-hydroxylation sites is 1. The van der Waals surface area contributed by atoms with E-state index in [1.807, 2.05) is 6.92 Å². The average molecular weight is 329 g/mol.